The van der Waals surface area contributed by atoms with E-state index in [2.05, 4.69) is 54.2 Å². The lowest BCUT2D eigenvalue weighted by molar-refractivity contribution is 0.145. The third kappa shape index (κ3) is 4.08. The topological polar surface area (TPSA) is 65.3 Å². The number of methoxy groups -OCH3 is 2. The summed E-state index contributed by atoms with van der Waals surface area (Å²) in [6.45, 7) is 10.7. The van der Waals surface area contributed by atoms with E-state index < -0.39 is 0 Å². The molecule has 0 spiro atoms. The second kappa shape index (κ2) is 7.84. The molecule has 1 atom stereocenters. The molecule has 7 nitrogen and oxygen atoms in total. The van der Waals surface area contributed by atoms with E-state index in [-0.39, 0.29) is 11.6 Å². The van der Waals surface area contributed by atoms with Crippen molar-refractivity contribution in [3.8, 4) is 11.5 Å². The average molecular weight is 374 g/mol. The van der Waals surface area contributed by atoms with Gasteiger partial charge in [-0.05, 0) is 80.7 Å². The lowest BCUT2D eigenvalue weighted by Crippen LogP contribution is -2.39. The Balaban J connectivity index is 2.08. The summed E-state index contributed by atoms with van der Waals surface area (Å²) in [6, 6.07) is 6.07. The Morgan fingerprint density at radius 2 is 1.74 bits per heavy atom. The predicted molar refractivity (Wildman–Crippen MR) is 104 cm³/mol. The number of rotatable bonds is 5. The molecule has 1 aromatic heterocycles. The normalized spacial score (nSPS) is 17.7. The lowest BCUT2D eigenvalue weighted by Gasteiger charge is -2.37. The number of benzene rings is 1. The molecule has 2 heterocycles. The minimum atomic E-state index is -0.198. The molecule has 0 radical (unpaired) electrons. The van der Waals surface area contributed by atoms with Gasteiger partial charge in [0, 0.05) is 0 Å². The monoisotopic (exact) mass is 373 g/mol. The van der Waals surface area contributed by atoms with Gasteiger partial charge in [-0.25, -0.2) is 4.68 Å². The molecule has 1 saturated heterocycles. The van der Waals surface area contributed by atoms with Gasteiger partial charge in [-0.15, -0.1) is 5.10 Å². The molecule has 27 heavy (non-hydrogen) atoms. The molecule has 148 valence electrons. The van der Waals surface area contributed by atoms with Crippen LogP contribution in [0.5, 0.6) is 11.5 Å². The van der Waals surface area contributed by atoms with E-state index in [1.54, 1.807) is 14.2 Å². The van der Waals surface area contributed by atoms with Crippen LogP contribution in [0.1, 0.15) is 58.0 Å². The third-order valence-electron chi connectivity index (χ3n) is 5.28. The molecule has 1 aliphatic rings. The summed E-state index contributed by atoms with van der Waals surface area (Å²) in [7, 11) is 3.32. The number of nitrogens with zero attached hydrogens (tertiary/aromatic N) is 5. The van der Waals surface area contributed by atoms with Crippen molar-refractivity contribution in [2.45, 2.75) is 52.1 Å². The minimum absolute atomic E-state index is 0.0217. The number of piperidine rings is 1. The summed E-state index contributed by atoms with van der Waals surface area (Å²) >= 11 is 0. The number of tetrazole rings is 1. The standard InChI is InChI=1S/C20H31N5O2/c1-14-9-11-24(12-10-14)18(19-21-22-23-25(19)20(2,3)4)15-7-8-16(26-5)17(13-15)27-6/h7-8,13-14,18H,9-12H2,1-6H3/t18-/m0/s1. The van der Waals surface area contributed by atoms with E-state index in [9.17, 15) is 0 Å². The molecule has 7 heteroatoms. The number of hydrogen-bond acceptors (Lipinski definition) is 6. The SMILES string of the molecule is COc1ccc([C@@H](c2nnnn2C(C)(C)C)N2CCC(C)CC2)cc1OC. The number of ether oxygens (including phenoxy) is 2. The predicted octanol–water partition coefficient (Wildman–Crippen LogP) is 3.27. The lowest BCUT2D eigenvalue weighted by atomic mass is 9.95. The summed E-state index contributed by atoms with van der Waals surface area (Å²) in [5.41, 5.74) is 0.916. The summed E-state index contributed by atoms with van der Waals surface area (Å²) < 4.78 is 12.9. The van der Waals surface area contributed by atoms with Gasteiger partial charge >= 0.3 is 0 Å². The Morgan fingerprint density at radius 1 is 1.07 bits per heavy atom. The van der Waals surface area contributed by atoms with Crippen LogP contribution in [0.2, 0.25) is 0 Å². The van der Waals surface area contributed by atoms with E-state index in [4.69, 9.17) is 9.47 Å². The summed E-state index contributed by atoms with van der Waals surface area (Å²) in [5.74, 6) is 3.07. The van der Waals surface area contributed by atoms with Crippen LogP contribution in [0.4, 0.5) is 0 Å². The molecule has 3 rings (SSSR count). The van der Waals surface area contributed by atoms with Gasteiger partial charge in [0.05, 0.1) is 25.8 Å². The van der Waals surface area contributed by atoms with Crippen LogP contribution >= 0.6 is 0 Å². The number of likely N-dealkylation sites (tertiary alicyclic amines) is 1. The van der Waals surface area contributed by atoms with E-state index in [0.29, 0.717) is 0 Å². The zero-order chi connectivity index (χ0) is 19.6. The zero-order valence-corrected chi connectivity index (χ0v) is 17.3. The molecule has 0 aliphatic carbocycles. The maximum absolute atomic E-state index is 5.54. The largest absolute Gasteiger partial charge is 0.493 e. The third-order valence-corrected chi connectivity index (χ3v) is 5.28. The van der Waals surface area contributed by atoms with Crippen LogP contribution in [-0.4, -0.2) is 52.4 Å². The van der Waals surface area contributed by atoms with Crippen LogP contribution in [0.25, 0.3) is 0 Å². The Kier molecular flexibility index (Phi) is 5.69. The highest BCUT2D eigenvalue weighted by Crippen LogP contribution is 2.37. The van der Waals surface area contributed by atoms with Gasteiger partial charge in [0.15, 0.2) is 17.3 Å². The van der Waals surface area contributed by atoms with E-state index in [1.807, 2.05) is 16.8 Å². The van der Waals surface area contributed by atoms with E-state index in [0.717, 1.165) is 41.9 Å². The second-order valence-corrected chi connectivity index (χ2v) is 8.36. The molecule has 1 aromatic carbocycles. The van der Waals surface area contributed by atoms with Crippen molar-refractivity contribution < 1.29 is 9.47 Å². The molecule has 1 aliphatic heterocycles. The van der Waals surface area contributed by atoms with E-state index >= 15 is 0 Å². The Hall–Kier alpha value is -2.15. The van der Waals surface area contributed by atoms with Crippen molar-refractivity contribution in [2.24, 2.45) is 5.92 Å². The molecule has 1 fully saturated rings. The summed E-state index contributed by atoms with van der Waals surface area (Å²) in [4.78, 5) is 2.48. The highest BCUT2D eigenvalue weighted by Gasteiger charge is 2.33. The zero-order valence-electron chi connectivity index (χ0n) is 17.3. The van der Waals surface area contributed by atoms with Crippen molar-refractivity contribution in [2.75, 3.05) is 27.3 Å². The Morgan fingerprint density at radius 3 is 2.33 bits per heavy atom. The van der Waals surface area contributed by atoms with Crippen LogP contribution in [0, 0.1) is 5.92 Å². The number of hydrogen-bond donors (Lipinski definition) is 0. The van der Waals surface area contributed by atoms with Crippen molar-refractivity contribution in [1.29, 1.82) is 0 Å². The molecule has 2 aromatic rings. The molecule has 0 unspecified atom stereocenters. The Bertz CT molecular complexity index is 760. The summed E-state index contributed by atoms with van der Waals surface area (Å²) in [5, 5.41) is 12.7. The minimum Gasteiger partial charge on any atom is -0.493 e. The molecule has 0 saturated carbocycles. The Labute approximate surface area is 161 Å². The molecule has 0 amide bonds. The van der Waals surface area contributed by atoms with Crippen molar-refractivity contribution >= 4 is 0 Å². The van der Waals surface area contributed by atoms with Gasteiger partial charge in [0.2, 0.25) is 0 Å². The molecular weight excluding hydrogens is 342 g/mol. The van der Waals surface area contributed by atoms with Crippen LogP contribution in [0.3, 0.4) is 0 Å². The fourth-order valence-electron chi connectivity index (χ4n) is 3.68. The van der Waals surface area contributed by atoms with Crippen molar-refractivity contribution in [3.05, 3.63) is 29.6 Å². The summed E-state index contributed by atoms with van der Waals surface area (Å²) in [6.07, 6.45) is 2.36. The fourth-order valence-corrected chi connectivity index (χ4v) is 3.68. The van der Waals surface area contributed by atoms with Gasteiger partial charge in [0.25, 0.3) is 0 Å². The average Bonchev–Trinajstić information content (AvgIpc) is 3.13. The molecule has 0 N–H and O–H groups in total. The highest BCUT2D eigenvalue weighted by molar-refractivity contribution is 5.45. The van der Waals surface area contributed by atoms with Gasteiger partial charge in [0.1, 0.15) is 0 Å². The maximum Gasteiger partial charge on any atom is 0.173 e. The first-order valence-electron chi connectivity index (χ1n) is 9.60. The maximum atomic E-state index is 5.54. The van der Waals surface area contributed by atoms with E-state index in [1.165, 1.54) is 12.8 Å². The first-order valence-corrected chi connectivity index (χ1v) is 9.60. The van der Waals surface area contributed by atoms with Gasteiger partial charge < -0.3 is 9.47 Å². The first kappa shape index (κ1) is 19.6. The van der Waals surface area contributed by atoms with Crippen LogP contribution in [-0.2, 0) is 5.54 Å². The quantitative estimate of drug-likeness (QED) is 0.801. The van der Waals surface area contributed by atoms with Gasteiger partial charge in [-0.3, -0.25) is 4.90 Å². The molecular formula is C20H31N5O2. The van der Waals surface area contributed by atoms with Gasteiger partial charge in [-0.1, -0.05) is 13.0 Å². The van der Waals surface area contributed by atoms with Gasteiger partial charge in [-0.2, -0.15) is 0 Å². The van der Waals surface area contributed by atoms with Crippen molar-refractivity contribution in [3.63, 3.8) is 0 Å². The smallest absolute Gasteiger partial charge is 0.173 e. The van der Waals surface area contributed by atoms with Crippen molar-refractivity contribution in [1.82, 2.24) is 25.1 Å². The van der Waals surface area contributed by atoms with Crippen LogP contribution in [0.15, 0.2) is 18.2 Å². The second-order valence-electron chi connectivity index (χ2n) is 8.36. The highest BCUT2D eigenvalue weighted by atomic mass is 16.5. The molecule has 0 bridgehead atoms. The first-order chi connectivity index (χ1) is 12.8. The van der Waals surface area contributed by atoms with Crippen LogP contribution < -0.4 is 9.47 Å². The fraction of sp³-hybridized carbons (Fsp3) is 0.650. The number of aromatic nitrogens is 4.